The molecule has 0 spiro atoms. The highest BCUT2D eigenvalue weighted by Gasteiger charge is 2.20. The summed E-state index contributed by atoms with van der Waals surface area (Å²) in [6, 6.07) is 15.9. The molecule has 1 N–H and O–H groups in total. The molecule has 0 aliphatic heterocycles. The minimum atomic E-state index is -0.0699. The van der Waals surface area contributed by atoms with Crippen LogP contribution in [0.15, 0.2) is 48.5 Å². The number of hydrogen-bond donors (Lipinski definition) is 1. The molecule has 0 unspecified atom stereocenters. The quantitative estimate of drug-likeness (QED) is 0.815. The largest absolute Gasteiger partial charge is 0.497 e. The second-order valence-electron chi connectivity index (χ2n) is 6.46. The highest BCUT2D eigenvalue weighted by atomic mass is 16.5. The summed E-state index contributed by atoms with van der Waals surface area (Å²) in [5, 5.41) is 3.02. The van der Waals surface area contributed by atoms with E-state index in [1.165, 1.54) is 0 Å². The van der Waals surface area contributed by atoms with Crippen molar-refractivity contribution in [3.8, 4) is 5.75 Å². The monoisotopic (exact) mass is 355 g/mol. The number of hydrogen-bond acceptors (Lipinski definition) is 3. The van der Waals surface area contributed by atoms with Crippen LogP contribution in [0.1, 0.15) is 31.0 Å². The summed E-state index contributed by atoms with van der Waals surface area (Å²) in [7, 11) is 5.67. The maximum absolute atomic E-state index is 12.7. The number of ether oxygens (including phenoxy) is 1. The van der Waals surface area contributed by atoms with Crippen molar-refractivity contribution < 1.29 is 9.53 Å². The molecule has 140 valence electrons. The van der Waals surface area contributed by atoms with E-state index in [0.29, 0.717) is 13.1 Å². The molecule has 0 fully saturated rings. The Morgan fingerprint density at radius 1 is 1.15 bits per heavy atom. The zero-order valence-corrected chi connectivity index (χ0v) is 16.3. The van der Waals surface area contributed by atoms with Gasteiger partial charge in [-0.05, 0) is 49.2 Å². The number of rotatable bonds is 7. The lowest BCUT2D eigenvalue weighted by atomic mass is 10.1. The van der Waals surface area contributed by atoms with Crippen molar-refractivity contribution in [1.82, 2.24) is 10.2 Å². The maximum atomic E-state index is 12.7. The fraction of sp³-hybridized carbons (Fsp3) is 0.381. The Morgan fingerprint density at radius 3 is 2.42 bits per heavy atom. The molecule has 0 aliphatic carbocycles. The normalized spacial score (nSPS) is 11.6. The highest BCUT2D eigenvalue weighted by Crippen LogP contribution is 2.24. The van der Waals surface area contributed by atoms with Crippen molar-refractivity contribution in [3.05, 3.63) is 59.7 Å². The average molecular weight is 355 g/mol. The summed E-state index contributed by atoms with van der Waals surface area (Å²) >= 11 is 0. The number of benzene rings is 2. The Hall–Kier alpha value is -2.69. The predicted octanol–water partition coefficient (Wildman–Crippen LogP) is 4.05. The average Bonchev–Trinajstić information content (AvgIpc) is 2.67. The van der Waals surface area contributed by atoms with Crippen LogP contribution in [0.25, 0.3) is 0 Å². The van der Waals surface area contributed by atoms with Crippen molar-refractivity contribution in [2.45, 2.75) is 26.4 Å². The number of nitrogens with one attached hydrogen (secondary N) is 1. The van der Waals surface area contributed by atoms with Gasteiger partial charge in [-0.3, -0.25) is 0 Å². The molecule has 0 radical (unpaired) electrons. The van der Waals surface area contributed by atoms with Crippen LogP contribution in [0.3, 0.4) is 0 Å². The number of carbonyl (C=O) groups is 1. The molecule has 0 saturated heterocycles. The first kappa shape index (κ1) is 19.6. The van der Waals surface area contributed by atoms with Gasteiger partial charge in [0.15, 0.2) is 0 Å². The first-order valence-corrected chi connectivity index (χ1v) is 8.91. The van der Waals surface area contributed by atoms with Gasteiger partial charge in [-0.25, -0.2) is 4.79 Å². The summed E-state index contributed by atoms with van der Waals surface area (Å²) in [4.78, 5) is 16.5. The van der Waals surface area contributed by atoms with Crippen LogP contribution in [-0.2, 0) is 6.54 Å². The standard InChI is InChI=1S/C21H29N3O2/c1-6-24(16(2)18-8-7-9-20(14-18)26-5)21(25)22-15-17-10-12-19(13-11-17)23(3)4/h7-14,16H,6,15H2,1-5H3,(H,22,25)/t16-/m1/s1. The smallest absolute Gasteiger partial charge is 0.318 e. The molecule has 0 aliphatic rings. The van der Waals surface area contributed by atoms with Crippen molar-refractivity contribution in [3.63, 3.8) is 0 Å². The van der Waals surface area contributed by atoms with Crippen molar-refractivity contribution in [2.24, 2.45) is 0 Å². The number of methoxy groups -OCH3 is 1. The van der Waals surface area contributed by atoms with Crippen LogP contribution in [0.5, 0.6) is 5.75 Å². The molecule has 0 saturated carbocycles. The van der Waals surface area contributed by atoms with Crippen molar-refractivity contribution in [1.29, 1.82) is 0 Å². The number of anilines is 1. The first-order valence-electron chi connectivity index (χ1n) is 8.91. The minimum Gasteiger partial charge on any atom is -0.497 e. The summed E-state index contributed by atoms with van der Waals surface area (Å²) in [6.07, 6.45) is 0. The molecule has 0 heterocycles. The van der Waals surface area contributed by atoms with Gasteiger partial charge in [-0.15, -0.1) is 0 Å². The summed E-state index contributed by atoms with van der Waals surface area (Å²) in [6.45, 7) is 5.16. The van der Waals surface area contributed by atoms with Gasteiger partial charge in [0.2, 0.25) is 0 Å². The fourth-order valence-corrected chi connectivity index (χ4v) is 2.87. The Kier molecular flexibility index (Phi) is 6.89. The molecule has 2 amide bonds. The van der Waals surface area contributed by atoms with Crippen LogP contribution in [0.2, 0.25) is 0 Å². The molecule has 2 rings (SSSR count). The topological polar surface area (TPSA) is 44.8 Å². The predicted molar refractivity (Wildman–Crippen MR) is 107 cm³/mol. The Balaban J connectivity index is 2.01. The van der Waals surface area contributed by atoms with Crippen LogP contribution >= 0.6 is 0 Å². The number of urea groups is 1. The molecule has 2 aromatic rings. The lowest BCUT2D eigenvalue weighted by molar-refractivity contribution is 0.182. The second kappa shape index (κ2) is 9.13. The van der Waals surface area contributed by atoms with Crippen molar-refractivity contribution in [2.75, 3.05) is 32.6 Å². The lowest BCUT2D eigenvalue weighted by Gasteiger charge is -2.29. The molecular formula is C21H29N3O2. The summed E-state index contributed by atoms with van der Waals surface area (Å²) < 4.78 is 5.29. The van der Waals surface area contributed by atoms with E-state index in [1.807, 2.05) is 69.2 Å². The van der Waals surface area contributed by atoms with Crippen LogP contribution in [-0.4, -0.2) is 38.7 Å². The zero-order chi connectivity index (χ0) is 19.1. The van der Waals surface area contributed by atoms with Gasteiger partial charge in [0.25, 0.3) is 0 Å². The molecule has 26 heavy (non-hydrogen) atoms. The maximum Gasteiger partial charge on any atom is 0.318 e. The Labute approximate surface area is 156 Å². The molecule has 5 nitrogen and oxygen atoms in total. The molecule has 1 atom stereocenters. The van der Waals surface area contributed by atoms with Gasteiger partial charge in [-0.1, -0.05) is 24.3 Å². The van der Waals surface area contributed by atoms with Gasteiger partial charge in [0, 0.05) is 32.9 Å². The second-order valence-corrected chi connectivity index (χ2v) is 6.46. The Bertz CT molecular complexity index is 713. The lowest BCUT2D eigenvalue weighted by Crippen LogP contribution is -2.41. The number of amides is 2. The van der Waals surface area contributed by atoms with E-state index in [9.17, 15) is 4.79 Å². The van der Waals surface area contributed by atoms with Gasteiger partial charge in [-0.2, -0.15) is 0 Å². The van der Waals surface area contributed by atoms with E-state index in [4.69, 9.17) is 4.74 Å². The summed E-state index contributed by atoms with van der Waals surface area (Å²) in [5.74, 6) is 0.798. The van der Waals surface area contributed by atoms with E-state index in [2.05, 4.69) is 22.3 Å². The fourth-order valence-electron chi connectivity index (χ4n) is 2.87. The van der Waals surface area contributed by atoms with Crippen LogP contribution in [0.4, 0.5) is 10.5 Å². The minimum absolute atomic E-state index is 0.0359. The van der Waals surface area contributed by atoms with Crippen LogP contribution in [0, 0.1) is 0 Å². The Morgan fingerprint density at radius 2 is 1.85 bits per heavy atom. The third kappa shape index (κ3) is 4.91. The van der Waals surface area contributed by atoms with E-state index in [1.54, 1.807) is 7.11 Å². The zero-order valence-electron chi connectivity index (χ0n) is 16.3. The highest BCUT2D eigenvalue weighted by molar-refractivity contribution is 5.74. The molecule has 5 heteroatoms. The number of nitrogens with zero attached hydrogens (tertiary/aromatic N) is 2. The van der Waals surface area contributed by atoms with Gasteiger partial charge in [0.1, 0.15) is 5.75 Å². The molecule has 0 aromatic heterocycles. The molecular weight excluding hydrogens is 326 g/mol. The molecule has 2 aromatic carbocycles. The number of carbonyl (C=O) groups excluding carboxylic acids is 1. The summed E-state index contributed by atoms with van der Waals surface area (Å²) in [5.41, 5.74) is 3.27. The van der Waals surface area contributed by atoms with E-state index >= 15 is 0 Å². The third-order valence-electron chi connectivity index (χ3n) is 4.54. The van der Waals surface area contributed by atoms with Gasteiger partial charge in [0.05, 0.1) is 13.2 Å². The van der Waals surface area contributed by atoms with Crippen LogP contribution < -0.4 is 15.0 Å². The van der Waals surface area contributed by atoms with E-state index in [0.717, 1.165) is 22.6 Å². The SMILES string of the molecule is CCN(C(=O)NCc1ccc(N(C)C)cc1)[C@H](C)c1cccc(OC)c1. The third-order valence-corrected chi connectivity index (χ3v) is 4.54. The van der Waals surface area contributed by atoms with Gasteiger partial charge < -0.3 is 19.9 Å². The molecule has 0 bridgehead atoms. The van der Waals surface area contributed by atoms with E-state index < -0.39 is 0 Å². The van der Waals surface area contributed by atoms with Crippen molar-refractivity contribution >= 4 is 11.7 Å². The van der Waals surface area contributed by atoms with Gasteiger partial charge >= 0.3 is 6.03 Å². The first-order chi connectivity index (χ1) is 12.5. The van der Waals surface area contributed by atoms with E-state index in [-0.39, 0.29) is 12.1 Å².